The van der Waals surface area contributed by atoms with Gasteiger partial charge in [-0.2, -0.15) is 0 Å². The third-order valence-electron chi connectivity index (χ3n) is 2.97. The first kappa shape index (κ1) is 15.3. The van der Waals surface area contributed by atoms with E-state index in [0.717, 1.165) is 20.3 Å². The maximum atomic E-state index is 12.5. The minimum atomic E-state index is -3.56. The molecule has 1 N–H and O–H groups in total. The average Bonchev–Trinajstić information content (AvgIpc) is 2.30. The largest absolute Gasteiger partial charge is 0.280 e. The molecule has 0 bridgehead atoms. The standard InChI is InChI=1S/C15H16INO2S/c1-10-8-11(2)15(12(3)9-10)20(18,19)17-14-6-4-13(16)5-7-14/h4-9,17H,1-3H3. The summed E-state index contributed by atoms with van der Waals surface area (Å²) in [7, 11) is -3.56. The Balaban J connectivity index is 2.43. The highest BCUT2D eigenvalue weighted by Crippen LogP contribution is 2.24. The first-order valence-corrected chi connectivity index (χ1v) is 8.72. The topological polar surface area (TPSA) is 46.2 Å². The quantitative estimate of drug-likeness (QED) is 0.790. The van der Waals surface area contributed by atoms with Crippen molar-refractivity contribution in [2.24, 2.45) is 0 Å². The molecule has 0 saturated heterocycles. The van der Waals surface area contributed by atoms with Crippen molar-refractivity contribution in [3.63, 3.8) is 0 Å². The van der Waals surface area contributed by atoms with Gasteiger partial charge in [-0.25, -0.2) is 8.42 Å². The van der Waals surface area contributed by atoms with Crippen molar-refractivity contribution < 1.29 is 8.42 Å². The molecule has 0 amide bonds. The van der Waals surface area contributed by atoms with Gasteiger partial charge in [-0.3, -0.25) is 4.72 Å². The van der Waals surface area contributed by atoms with Gasteiger partial charge in [0.15, 0.2) is 0 Å². The van der Waals surface area contributed by atoms with Gasteiger partial charge < -0.3 is 0 Å². The monoisotopic (exact) mass is 401 g/mol. The van der Waals surface area contributed by atoms with Crippen LogP contribution in [0.2, 0.25) is 0 Å². The van der Waals surface area contributed by atoms with Gasteiger partial charge >= 0.3 is 0 Å². The number of hydrogen-bond donors (Lipinski definition) is 1. The second kappa shape index (κ2) is 5.73. The predicted molar refractivity (Wildman–Crippen MR) is 90.6 cm³/mol. The highest BCUT2D eigenvalue weighted by Gasteiger charge is 2.19. The number of halogens is 1. The first-order chi connectivity index (χ1) is 9.29. The molecule has 0 saturated carbocycles. The Labute approximate surface area is 133 Å². The molecule has 0 aliphatic carbocycles. The number of benzene rings is 2. The van der Waals surface area contributed by atoms with Gasteiger partial charge in [0.25, 0.3) is 10.0 Å². The summed E-state index contributed by atoms with van der Waals surface area (Å²) in [5.74, 6) is 0. The molecule has 0 aromatic heterocycles. The molecule has 0 fully saturated rings. The minimum absolute atomic E-state index is 0.363. The Bertz CT molecular complexity index is 714. The number of anilines is 1. The number of hydrogen-bond acceptors (Lipinski definition) is 2. The average molecular weight is 401 g/mol. The second-order valence-corrected chi connectivity index (χ2v) is 7.71. The number of rotatable bonds is 3. The van der Waals surface area contributed by atoms with Crippen LogP contribution in [0.4, 0.5) is 5.69 Å². The Kier molecular flexibility index (Phi) is 4.39. The maximum Gasteiger partial charge on any atom is 0.262 e. The smallest absolute Gasteiger partial charge is 0.262 e. The molecule has 5 heteroatoms. The maximum absolute atomic E-state index is 12.5. The number of nitrogens with one attached hydrogen (secondary N) is 1. The van der Waals surface area contributed by atoms with Gasteiger partial charge in [0, 0.05) is 9.26 Å². The molecule has 0 heterocycles. The van der Waals surface area contributed by atoms with Crippen LogP contribution in [-0.2, 0) is 10.0 Å². The van der Waals surface area contributed by atoms with Crippen LogP contribution in [0.3, 0.4) is 0 Å². The van der Waals surface area contributed by atoms with E-state index in [1.165, 1.54) is 0 Å². The lowest BCUT2D eigenvalue weighted by Gasteiger charge is -2.14. The molecular formula is C15H16INO2S. The molecule has 0 radical (unpaired) electrons. The Morgan fingerprint density at radius 2 is 1.45 bits per heavy atom. The molecule has 2 rings (SSSR count). The van der Waals surface area contributed by atoms with Crippen LogP contribution in [0.5, 0.6) is 0 Å². The minimum Gasteiger partial charge on any atom is -0.280 e. The summed E-state index contributed by atoms with van der Waals surface area (Å²) in [4.78, 5) is 0.363. The fourth-order valence-electron chi connectivity index (χ4n) is 2.31. The highest BCUT2D eigenvalue weighted by molar-refractivity contribution is 14.1. The Hall–Kier alpha value is -1.08. The van der Waals surface area contributed by atoms with Crippen LogP contribution in [-0.4, -0.2) is 8.42 Å². The van der Waals surface area contributed by atoms with E-state index in [4.69, 9.17) is 0 Å². The summed E-state index contributed by atoms with van der Waals surface area (Å²) in [5.41, 5.74) is 3.17. The lowest BCUT2D eigenvalue weighted by Crippen LogP contribution is -2.15. The van der Waals surface area contributed by atoms with Crippen molar-refractivity contribution in [3.8, 4) is 0 Å². The zero-order valence-corrected chi connectivity index (χ0v) is 14.5. The van der Waals surface area contributed by atoms with Crippen molar-refractivity contribution in [1.29, 1.82) is 0 Å². The summed E-state index contributed by atoms with van der Waals surface area (Å²) >= 11 is 2.18. The molecule has 0 aliphatic heterocycles. The molecule has 20 heavy (non-hydrogen) atoms. The van der Waals surface area contributed by atoms with Crippen molar-refractivity contribution in [3.05, 3.63) is 56.7 Å². The number of aryl methyl sites for hydroxylation is 3. The van der Waals surface area contributed by atoms with Gasteiger partial charge in [-0.15, -0.1) is 0 Å². The van der Waals surface area contributed by atoms with E-state index in [1.54, 1.807) is 12.1 Å². The van der Waals surface area contributed by atoms with Gasteiger partial charge in [-0.1, -0.05) is 17.7 Å². The van der Waals surface area contributed by atoms with Crippen molar-refractivity contribution in [1.82, 2.24) is 0 Å². The molecule has 2 aromatic rings. The lowest BCUT2D eigenvalue weighted by atomic mass is 10.1. The molecule has 0 unspecified atom stereocenters. The van der Waals surface area contributed by atoms with Crippen LogP contribution in [0.15, 0.2) is 41.3 Å². The molecule has 2 aromatic carbocycles. The van der Waals surface area contributed by atoms with Crippen LogP contribution in [0, 0.1) is 24.3 Å². The van der Waals surface area contributed by atoms with Gasteiger partial charge in [0.1, 0.15) is 0 Å². The zero-order chi connectivity index (χ0) is 14.9. The van der Waals surface area contributed by atoms with Crippen molar-refractivity contribution in [2.45, 2.75) is 25.7 Å². The van der Waals surface area contributed by atoms with E-state index in [0.29, 0.717) is 10.6 Å². The summed E-state index contributed by atoms with van der Waals surface area (Å²) in [6, 6.07) is 11.0. The predicted octanol–water partition coefficient (Wildman–Crippen LogP) is 4.02. The second-order valence-electron chi connectivity index (χ2n) is 4.84. The summed E-state index contributed by atoms with van der Waals surface area (Å²) in [5, 5.41) is 0. The van der Waals surface area contributed by atoms with Crippen molar-refractivity contribution >= 4 is 38.3 Å². The Morgan fingerprint density at radius 1 is 0.950 bits per heavy atom. The van der Waals surface area contributed by atoms with E-state index < -0.39 is 10.0 Å². The van der Waals surface area contributed by atoms with Crippen LogP contribution >= 0.6 is 22.6 Å². The van der Waals surface area contributed by atoms with E-state index in [2.05, 4.69) is 27.3 Å². The summed E-state index contributed by atoms with van der Waals surface area (Å²) in [6.45, 7) is 5.61. The normalized spacial score (nSPS) is 11.4. The van der Waals surface area contributed by atoms with Crippen molar-refractivity contribution in [2.75, 3.05) is 4.72 Å². The van der Waals surface area contributed by atoms with E-state index in [9.17, 15) is 8.42 Å². The van der Waals surface area contributed by atoms with Gasteiger partial charge in [-0.05, 0) is 78.8 Å². The van der Waals surface area contributed by atoms with E-state index >= 15 is 0 Å². The Morgan fingerprint density at radius 3 is 1.95 bits per heavy atom. The first-order valence-electron chi connectivity index (χ1n) is 6.16. The third-order valence-corrected chi connectivity index (χ3v) is 5.37. The number of sulfonamides is 1. The fraction of sp³-hybridized carbons (Fsp3) is 0.200. The SMILES string of the molecule is Cc1cc(C)c(S(=O)(=O)Nc2ccc(I)cc2)c(C)c1. The third kappa shape index (κ3) is 3.32. The molecule has 3 nitrogen and oxygen atoms in total. The molecule has 106 valence electrons. The molecular weight excluding hydrogens is 385 g/mol. The molecule has 0 atom stereocenters. The van der Waals surface area contributed by atoms with Gasteiger partial charge in [0.05, 0.1) is 4.90 Å². The molecule has 0 spiro atoms. The van der Waals surface area contributed by atoms with E-state index in [-0.39, 0.29) is 0 Å². The molecule has 0 aliphatic rings. The summed E-state index contributed by atoms with van der Waals surface area (Å²) in [6.07, 6.45) is 0. The summed E-state index contributed by atoms with van der Waals surface area (Å²) < 4.78 is 28.7. The van der Waals surface area contributed by atoms with Gasteiger partial charge in [0.2, 0.25) is 0 Å². The van der Waals surface area contributed by atoms with Crippen LogP contribution in [0.1, 0.15) is 16.7 Å². The zero-order valence-electron chi connectivity index (χ0n) is 11.6. The van der Waals surface area contributed by atoms with Crippen LogP contribution in [0.25, 0.3) is 0 Å². The highest BCUT2D eigenvalue weighted by atomic mass is 127. The van der Waals surface area contributed by atoms with Crippen LogP contribution < -0.4 is 4.72 Å². The fourth-order valence-corrected chi connectivity index (χ4v) is 4.19. The van der Waals surface area contributed by atoms with E-state index in [1.807, 2.05) is 45.0 Å². The lowest BCUT2D eigenvalue weighted by molar-refractivity contribution is 0.600.